The topological polar surface area (TPSA) is 38.9 Å². The highest BCUT2D eigenvalue weighted by atomic mass is 32.1. The van der Waals surface area contributed by atoms with Gasteiger partial charge in [0.1, 0.15) is 11.2 Å². The van der Waals surface area contributed by atoms with Gasteiger partial charge in [-0.05, 0) is 58.1 Å². The Hall–Kier alpha value is -7.14. The second-order valence-electron chi connectivity index (χ2n) is 14.1. The third-order valence-corrected chi connectivity index (χ3v) is 11.9. The normalized spacial score (nSPS) is 11.6. The van der Waals surface area contributed by atoms with E-state index in [4.69, 9.17) is 14.4 Å². The average Bonchev–Trinajstić information content (AvgIpc) is 3.86. The summed E-state index contributed by atoms with van der Waals surface area (Å²) in [5.74, 6) is 0.682. The molecular weight excluding hydrogens is 701 g/mol. The van der Waals surface area contributed by atoms with Crippen LogP contribution in [0.3, 0.4) is 0 Å². The molecule has 8 aromatic carbocycles. The summed E-state index contributed by atoms with van der Waals surface area (Å²) in [5.41, 5.74) is 13.4. The van der Waals surface area contributed by atoms with Crippen molar-refractivity contribution in [3.05, 3.63) is 194 Å². The van der Waals surface area contributed by atoms with Crippen molar-refractivity contribution in [3.63, 3.8) is 0 Å². The number of furan rings is 1. The Morgan fingerprint density at radius 2 is 0.946 bits per heavy atom. The second-order valence-corrected chi connectivity index (χ2v) is 15.1. The predicted molar refractivity (Wildman–Crippen MR) is 235 cm³/mol. The molecule has 0 aliphatic carbocycles. The molecule has 0 saturated carbocycles. The zero-order valence-corrected chi connectivity index (χ0v) is 31.0. The molecule has 0 spiro atoms. The first-order valence-corrected chi connectivity index (χ1v) is 19.6. The van der Waals surface area contributed by atoms with E-state index < -0.39 is 0 Å². The Bertz CT molecular complexity index is 3240. The lowest BCUT2D eigenvalue weighted by atomic mass is 9.92. The average molecular weight is 733 g/mol. The number of aromatic nitrogens is 2. The molecule has 11 rings (SSSR count). The molecule has 0 saturated heterocycles. The summed E-state index contributed by atoms with van der Waals surface area (Å²) in [5, 5.41) is 4.77. The SMILES string of the molecule is c1ccc(-c2cc(-c3ccccc3-c3ccccc3)nc(-c3ccc(-c4ccc(-c5cccc6sc7ccccc7c56)c5oc6ccccc6c45)cc3)n2)cc1. The lowest BCUT2D eigenvalue weighted by Gasteiger charge is -2.13. The van der Waals surface area contributed by atoms with Crippen LogP contribution in [0.2, 0.25) is 0 Å². The van der Waals surface area contributed by atoms with Crippen molar-refractivity contribution in [1.29, 1.82) is 0 Å². The van der Waals surface area contributed by atoms with Crippen molar-refractivity contribution < 1.29 is 4.42 Å². The molecule has 262 valence electrons. The number of fused-ring (bicyclic) bond motifs is 6. The molecule has 0 amide bonds. The Morgan fingerprint density at radius 3 is 1.77 bits per heavy atom. The molecule has 0 bridgehead atoms. The van der Waals surface area contributed by atoms with Gasteiger partial charge < -0.3 is 4.42 Å². The van der Waals surface area contributed by atoms with Gasteiger partial charge >= 0.3 is 0 Å². The van der Waals surface area contributed by atoms with Crippen molar-refractivity contribution in [2.75, 3.05) is 0 Å². The first-order chi connectivity index (χ1) is 27.8. The van der Waals surface area contributed by atoms with Crippen LogP contribution < -0.4 is 0 Å². The van der Waals surface area contributed by atoms with E-state index >= 15 is 0 Å². The highest BCUT2D eigenvalue weighted by Crippen LogP contribution is 2.46. The highest BCUT2D eigenvalue weighted by molar-refractivity contribution is 7.25. The Balaban J connectivity index is 1.06. The number of thiophene rings is 1. The summed E-state index contributed by atoms with van der Waals surface area (Å²) < 4.78 is 9.33. The zero-order valence-electron chi connectivity index (χ0n) is 30.2. The van der Waals surface area contributed by atoms with Crippen LogP contribution in [0.1, 0.15) is 0 Å². The minimum atomic E-state index is 0.682. The van der Waals surface area contributed by atoms with Gasteiger partial charge in [-0.2, -0.15) is 0 Å². The molecule has 0 aliphatic rings. The third-order valence-electron chi connectivity index (χ3n) is 10.8. The number of benzene rings is 8. The van der Waals surface area contributed by atoms with Gasteiger partial charge in [-0.25, -0.2) is 9.97 Å². The van der Waals surface area contributed by atoms with Crippen LogP contribution >= 0.6 is 11.3 Å². The van der Waals surface area contributed by atoms with Crippen LogP contribution in [0.25, 0.3) is 109 Å². The van der Waals surface area contributed by atoms with E-state index in [1.807, 2.05) is 29.5 Å². The smallest absolute Gasteiger partial charge is 0.160 e. The molecule has 3 aromatic heterocycles. The van der Waals surface area contributed by atoms with Gasteiger partial charge in [0.15, 0.2) is 5.82 Å². The molecule has 0 atom stereocenters. The number of hydrogen-bond acceptors (Lipinski definition) is 4. The van der Waals surface area contributed by atoms with E-state index in [0.717, 1.165) is 77.8 Å². The lowest BCUT2D eigenvalue weighted by Crippen LogP contribution is -1.97. The van der Waals surface area contributed by atoms with Crippen LogP contribution in [-0.4, -0.2) is 9.97 Å². The molecule has 3 heterocycles. The maximum absolute atomic E-state index is 6.77. The summed E-state index contributed by atoms with van der Waals surface area (Å²) in [4.78, 5) is 10.4. The molecule has 56 heavy (non-hydrogen) atoms. The van der Waals surface area contributed by atoms with Crippen LogP contribution in [-0.2, 0) is 0 Å². The molecule has 4 heteroatoms. The van der Waals surface area contributed by atoms with E-state index in [9.17, 15) is 0 Å². The Kier molecular flexibility index (Phi) is 7.68. The van der Waals surface area contributed by atoms with Crippen molar-refractivity contribution in [2.45, 2.75) is 0 Å². The minimum Gasteiger partial charge on any atom is -0.455 e. The van der Waals surface area contributed by atoms with Gasteiger partial charge in [0.25, 0.3) is 0 Å². The molecular formula is C52H32N2OS. The third kappa shape index (κ3) is 5.42. The highest BCUT2D eigenvalue weighted by Gasteiger charge is 2.20. The molecule has 11 aromatic rings. The fourth-order valence-electron chi connectivity index (χ4n) is 8.13. The van der Waals surface area contributed by atoms with E-state index in [2.05, 4.69) is 176 Å². The molecule has 0 N–H and O–H groups in total. The van der Waals surface area contributed by atoms with E-state index in [1.54, 1.807) is 0 Å². The van der Waals surface area contributed by atoms with E-state index in [-0.39, 0.29) is 0 Å². The predicted octanol–water partition coefficient (Wildman–Crippen LogP) is 14.7. The number of nitrogens with zero attached hydrogens (tertiary/aromatic N) is 2. The maximum atomic E-state index is 6.77. The summed E-state index contributed by atoms with van der Waals surface area (Å²) in [7, 11) is 0. The van der Waals surface area contributed by atoms with Crippen molar-refractivity contribution in [3.8, 4) is 67.3 Å². The first-order valence-electron chi connectivity index (χ1n) is 18.8. The Labute approximate surface area is 327 Å². The number of rotatable bonds is 6. The number of hydrogen-bond donors (Lipinski definition) is 0. The van der Waals surface area contributed by atoms with Gasteiger partial charge in [0, 0.05) is 53.2 Å². The van der Waals surface area contributed by atoms with Crippen LogP contribution in [0.4, 0.5) is 0 Å². The zero-order chi connectivity index (χ0) is 37.0. The minimum absolute atomic E-state index is 0.682. The van der Waals surface area contributed by atoms with Crippen molar-refractivity contribution in [1.82, 2.24) is 9.97 Å². The van der Waals surface area contributed by atoms with Crippen LogP contribution in [0.5, 0.6) is 0 Å². The molecule has 0 unspecified atom stereocenters. The monoisotopic (exact) mass is 732 g/mol. The molecule has 0 fully saturated rings. The van der Waals surface area contributed by atoms with E-state index in [0.29, 0.717) is 5.82 Å². The van der Waals surface area contributed by atoms with Gasteiger partial charge in [0.2, 0.25) is 0 Å². The van der Waals surface area contributed by atoms with Gasteiger partial charge in [-0.15, -0.1) is 11.3 Å². The summed E-state index contributed by atoms with van der Waals surface area (Å²) in [6.45, 7) is 0. The quantitative estimate of drug-likeness (QED) is 0.171. The van der Waals surface area contributed by atoms with Crippen molar-refractivity contribution >= 4 is 53.4 Å². The fraction of sp³-hybridized carbons (Fsp3) is 0. The standard InChI is InChI=1S/C52H32N2OS/c1-3-14-33(15-4-1)37-18-7-8-19-39(37)45-32-44(35-16-5-2-6-17-35)53-52(54-45)36-28-26-34(27-29-36)38-30-31-41(51-50(38)42-20-9-11-23-46(42)55-51)40-22-13-25-48-49(40)43-21-10-12-24-47(43)56-48/h1-32H. The summed E-state index contributed by atoms with van der Waals surface area (Å²) in [6.07, 6.45) is 0. The molecule has 3 nitrogen and oxygen atoms in total. The number of para-hydroxylation sites is 1. The fourth-order valence-corrected chi connectivity index (χ4v) is 9.26. The first kappa shape index (κ1) is 32.3. The van der Waals surface area contributed by atoms with E-state index in [1.165, 1.54) is 25.7 Å². The largest absolute Gasteiger partial charge is 0.455 e. The van der Waals surface area contributed by atoms with Crippen LogP contribution in [0, 0.1) is 0 Å². The van der Waals surface area contributed by atoms with Gasteiger partial charge in [-0.1, -0.05) is 164 Å². The summed E-state index contributed by atoms with van der Waals surface area (Å²) >= 11 is 1.84. The van der Waals surface area contributed by atoms with Gasteiger partial charge in [0.05, 0.1) is 11.4 Å². The second kappa shape index (κ2) is 13.3. The summed E-state index contributed by atoms with van der Waals surface area (Å²) in [6, 6.07) is 68.3. The lowest BCUT2D eigenvalue weighted by molar-refractivity contribution is 0.670. The van der Waals surface area contributed by atoms with Crippen LogP contribution in [0.15, 0.2) is 199 Å². The molecule has 0 aliphatic heterocycles. The van der Waals surface area contributed by atoms with Gasteiger partial charge in [-0.3, -0.25) is 0 Å². The molecule has 0 radical (unpaired) electrons. The Morgan fingerprint density at radius 1 is 0.357 bits per heavy atom. The van der Waals surface area contributed by atoms with Crippen molar-refractivity contribution in [2.24, 2.45) is 0 Å². The maximum Gasteiger partial charge on any atom is 0.160 e.